The molecule has 1 aromatic heterocycles. The van der Waals surface area contributed by atoms with Crippen molar-refractivity contribution < 1.29 is 9.53 Å². The minimum Gasteiger partial charge on any atom is -0.374 e. The number of hydrogen-bond donors (Lipinski definition) is 2. The summed E-state index contributed by atoms with van der Waals surface area (Å²) in [6, 6.07) is 0.245. The average Bonchev–Trinajstić information content (AvgIpc) is 2.53. The van der Waals surface area contributed by atoms with Crippen LogP contribution in [0.5, 0.6) is 0 Å². The molecule has 2 heterocycles. The quantitative estimate of drug-likeness (QED) is 0.811. The monoisotopic (exact) mass is 338 g/mol. The van der Waals surface area contributed by atoms with Crippen molar-refractivity contribution in [1.82, 2.24) is 19.9 Å². The average molecular weight is 338 g/mol. The van der Waals surface area contributed by atoms with Crippen LogP contribution >= 0.6 is 11.8 Å². The molecule has 1 aliphatic heterocycles. The Bertz CT molecular complexity index is 550. The molecule has 0 spiro atoms. The summed E-state index contributed by atoms with van der Waals surface area (Å²) in [6.45, 7) is 1.32. The third-order valence-corrected chi connectivity index (χ3v) is 5.14. The number of morpholine rings is 1. The predicted molar refractivity (Wildman–Crippen MR) is 88.5 cm³/mol. The number of carbonyl (C=O) groups is 1. The van der Waals surface area contributed by atoms with Crippen molar-refractivity contribution in [3.05, 3.63) is 5.82 Å². The van der Waals surface area contributed by atoms with Crippen LogP contribution in [0.15, 0.2) is 0 Å². The van der Waals surface area contributed by atoms with E-state index in [9.17, 15) is 4.79 Å². The van der Waals surface area contributed by atoms with Crippen LogP contribution in [0.25, 0.3) is 0 Å². The maximum Gasteiger partial charge on any atom is 0.232 e. The Morgan fingerprint density at radius 3 is 2.74 bits per heavy atom. The van der Waals surface area contributed by atoms with Crippen molar-refractivity contribution >= 4 is 29.6 Å². The molecule has 0 bridgehead atoms. The van der Waals surface area contributed by atoms with E-state index in [4.69, 9.17) is 16.2 Å². The molecule has 4 N–H and O–H groups in total. The first-order valence-electron chi connectivity index (χ1n) is 7.88. The lowest BCUT2D eigenvalue weighted by atomic mass is 9.90. The summed E-state index contributed by atoms with van der Waals surface area (Å²) >= 11 is 1.47. The molecule has 1 saturated carbocycles. The Morgan fingerprint density at radius 1 is 1.22 bits per heavy atom. The van der Waals surface area contributed by atoms with Crippen LogP contribution in [0.3, 0.4) is 0 Å². The van der Waals surface area contributed by atoms with E-state index in [0.29, 0.717) is 30.5 Å². The van der Waals surface area contributed by atoms with E-state index in [1.54, 1.807) is 0 Å². The number of hydrogen-bond acceptors (Lipinski definition) is 8. The van der Waals surface area contributed by atoms with Crippen LogP contribution in [0.1, 0.15) is 31.5 Å². The van der Waals surface area contributed by atoms with Crippen molar-refractivity contribution in [2.24, 2.45) is 0 Å². The van der Waals surface area contributed by atoms with Gasteiger partial charge in [-0.3, -0.25) is 4.79 Å². The molecule has 1 aliphatic carbocycles. The van der Waals surface area contributed by atoms with Crippen LogP contribution in [0.4, 0.5) is 11.9 Å². The number of ether oxygens (including phenoxy) is 1. The van der Waals surface area contributed by atoms with Gasteiger partial charge in [0.1, 0.15) is 5.82 Å². The molecule has 0 aromatic carbocycles. The van der Waals surface area contributed by atoms with E-state index >= 15 is 0 Å². The van der Waals surface area contributed by atoms with Crippen molar-refractivity contribution in [3.8, 4) is 0 Å². The fraction of sp³-hybridized carbons (Fsp3) is 0.714. The van der Waals surface area contributed by atoms with Crippen molar-refractivity contribution in [1.29, 1.82) is 0 Å². The van der Waals surface area contributed by atoms with Crippen LogP contribution in [-0.2, 0) is 15.3 Å². The highest BCUT2D eigenvalue weighted by molar-refractivity contribution is 7.99. The van der Waals surface area contributed by atoms with Gasteiger partial charge in [0.05, 0.1) is 30.3 Å². The molecule has 1 amide bonds. The van der Waals surface area contributed by atoms with Gasteiger partial charge in [-0.1, -0.05) is 12.8 Å². The van der Waals surface area contributed by atoms with Crippen LogP contribution in [0.2, 0.25) is 0 Å². The van der Waals surface area contributed by atoms with Crippen LogP contribution < -0.4 is 11.5 Å². The predicted octanol–water partition coefficient (Wildman–Crippen LogP) is 0.439. The molecule has 8 nitrogen and oxygen atoms in total. The molecule has 126 valence electrons. The smallest absolute Gasteiger partial charge is 0.232 e. The van der Waals surface area contributed by atoms with Crippen molar-refractivity contribution in [2.45, 2.75) is 43.6 Å². The van der Waals surface area contributed by atoms with E-state index in [1.165, 1.54) is 24.6 Å². The van der Waals surface area contributed by atoms with E-state index in [0.717, 1.165) is 12.8 Å². The Kier molecular flexibility index (Phi) is 5.16. The fourth-order valence-electron chi connectivity index (χ4n) is 3.24. The second kappa shape index (κ2) is 7.31. The number of thioether (sulfide) groups is 1. The lowest BCUT2D eigenvalue weighted by Gasteiger charge is -2.43. The van der Waals surface area contributed by atoms with Gasteiger partial charge in [0.25, 0.3) is 0 Å². The number of carbonyl (C=O) groups excluding carboxylic acids is 1. The molecule has 9 heteroatoms. The maximum absolute atomic E-state index is 12.5. The maximum atomic E-state index is 12.5. The first-order valence-corrected chi connectivity index (χ1v) is 9.03. The fourth-order valence-corrected chi connectivity index (χ4v) is 3.99. The summed E-state index contributed by atoms with van der Waals surface area (Å²) in [5.74, 6) is 1.77. The molecule has 23 heavy (non-hydrogen) atoms. The zero-order valence-corrected chi connectivity index (χ0v) is 13.8. The summed E-state index contributed by atoms with van der Waals surface area (Å²) in [6.07, 6.45) is 4.69. The zero-order valence-electron chi connectivity index (χ0n) is 13.0. The molecule has 1 saturated heterocycles. The highest BCUT2D eigenvalue weighted by Crippen LogP contribution is 2.29. The van der Waals surface area contributed by atoms with Gasteiger partial charge in [-0.25, -0.2) is 0 Å². The number of amides is 1. The third-order valence-electron chi connectivity index (χ3n) is 4.23. The standard InChI is InChI=1S/C14H22N6O2S/c15-13-17-11(18-14(16)19-13)7-23-8-12(21)20-5-6-22-10-4-2-1-3-9(10)20/h9-10H,1-8H2,(H4,15,16,17,18,19)/t9-,10-/m1/s1. The topological polar surface area (TPSA) is 120 Å². The van der Waals surface area contributed by atoms with Gasteiger partial charge in [0, 0.05) is 6.54 Å². The number of aromatic nitrogens is 3. The Morgan fingerprint density at radius 2 is 1.96 bits per heavy atom. The van der Waals surface area contributed by atoms with Gasteiger partial charge in [-0.05, 0) is 12.8 Å². The van der Waals surface area contributed by atoms with Gasteiger partial charge in [0.2, 0.25) is 17.8 Å². The summed E-state index contributed by atoms with van der Waals surface area (Å²) in [5, 5.41) is 0. The van der Waals surface area contributed by atoms with Crippen molar-refractivity contribution in [2.75, 3.05) is 30.4 Å². The van der Waals surface area contributed by atoms with Gasteiger partial charge in [0.15, 0.2) is 0 Å². The minimum atomic E-state index is 0.109. The summed E-state index contributed by atoms with van der Waals surface area (Å²) in [4.78, 5) is 26.3. The summed E-state index contributed by atoms with van der Waals surface area (Å²) < 4.78 is 5.81. The number of fused-ring (bicyclic) bond motifs is 1. The normalized spacial score (nSPS) is 24.3. The number of anilines is 2. The van der Waals surface area contributed by atoms with Gasteiger partial charge >= 0.3 is 0 Å². The van der Waals surface area contributed by atoms with E-state index in [1.807, 2.05) is 4.90 Å². The molecule has 0 radical (unpaired) electrons. The highest BCUT2D eigenvalue weighted by atomic mass is 32.2. The minimum absolute atomic E-state index is 0.109. The van der Waals surface area contributed by atoms with Crippen molar-refractivity contribution in [3.63, 3.8) is 0 Å². The Balaban J connectivity index is 1.52. The number of rotatable bonds is 4. The second-order valence-corrected chi connectivity index (χ2v) is 6.79. The number of nitrogen functional groups attached to an aromatic ring is 2. The highest BCUT2D eigenvalue weighted by Gasteiger charge is 2.36. The molecule has 3 rings (SSSR count). The van der Waals surface area contributed by atoms with E-state index in [2.05, 4.69) is 15.0 Å². The van der Waals surface area contributed by atoms with Crippen LogP contribution in [-0.4, -0.2) is 56.8 Å². The van der Waals surface area contributed by atoms with Gasteiger partial charge in [-0.2, -0.15) is 15.0 Å². The molecule has 0 unspecified atom stereocenters. The van der Waals surface area contributed by atoms with E-state index < -0.39 is 0 Å². The number of nitrogens with zero attached hydrogens (tertiary/aromatic N) is 4. The van der Waals surface area contributed by atoms with E-state index in [-0.39, 0.29) is 29.9 Å². The van der Waals surface area contributed by atoms with Gasteiger partial charge < -0.3 is 21.1 Å². The zero-order chi connectivity index (χ0) is 16.2. The van der Waals surface area contributed by atoms with Gasteiger partial charge in [-0.15, -0.1) is 11.8 Å². The van der Waals surface area contributed by atoms with Crippen LogP contribution in [0, 0.1) is 0 Å². The molecule has 2 fully saturated rings. The first kappa shape index (κ1) is 16.3. The lowest BCUT2D eigenvalue weighted by molar-refractivity contribution is -0.146. The summed E-state index contributed by atoms with van der Waals surface area (Å²) in [5.41, 5.74) is 11.1. The SMILES string of the molecule is Nc1nc(N)nc(CSCC(=O)N2CCO[C@@H]3CCCC[C@H]32)n1. The molecular formula is C14H22N6O2S. The largest absolute Gasteiger partial charge is 0.374 e. The third kappa shape index (κ3) is 4.03. The lowest BCUT2D eigenvalue weighted by Crippen LogP contribution is -2.55. The molecule has 2 atom stereocenters. The molecule has 1 aromatic rings. The number of nitrogens with two attached hydrogens (primary N) is 2. The summed E-state index contributed by atoms with van der Waals surface area (Å²) in [7, 11) is 0. The first-order chi connectivity index (χ1) is 11.1. The second-order valence-electron chi connectivity index (χ2n) is 5.81. The molecule has 2 aliphatic rings. The Labute approximate surface area is 139 Å². The molecular weight excluding hydrogens is 316 g/mol. The Hall–Kier alpha value is -1.61.